The highest BCUT2D eigenvalue weighted by atomic mass is 79.9. The van der Waals surface area contributed by atoms with Gasteiger partial charge in [-0.2, -0.15) is 0 Å². The normalized spacial score (nSPS) is 16.6. The molecule has 1 aliphatic rings. The summed E-state index contributed by atoms with van der Waals surface area (Å²) in [6.45, 7) is 0. The molecular formula is C19H18BrNO5S. The second-order valence-corrected chi connectivity index (χ2v) is 7.73. The van der Waals surface area contributed by atoms with Gasteiger partial charge in [-0.25, -0.2) is 4.90 Å². The van der Waals surface area contributed by atoms with Gasteiger partial charge in [0.15, 0.2) is 0 Å². The lowest BCUT2D eigenvalue weighted by Crippen LogP contribution is -2.32. The van der Waals surface area contributed by atoms with Crippen molar-refractivity contribution >= 4 is 44.5 Å². The summed E-state index contributed by atoms with van der Waals surface area (Å²) >= 11 is 4.45. The zero-order valence-electron chi connectivity index (χ0n) is 15.0. The van der Waals surface area contributed by atoms with Crippen LogP contribution >= 0.6 is 27.7 Å². The molecule has 0 N–H and O–H groups in total. The molecule has 0 bridgehead atoms. The van der Waals surface area contributed by atoms with Gasteiger partial charge in [0.2, 0.25) is 5.91 Å². The molecule has 2 aromatic carbocycles. The number of ether oxygens (including phenoxy) is 3. The summed E-state index contributed by atoms with van der Waals surface area (Å²) in [5.41, 5.74) is 1.26. The Hall–Kier alpha value is -2.19. The minimum atomic E-state index is -0.545. The van der Waals surface area contributed by atoms with Crippen LogP contribution in [-0.2, 0) is 11.2 Å². The van der Waals surface area contributed by atoms with Crippen molar-refractivity contribution in [1.29, 1.82) is 0 Å². The summed E-state index contributed by atoms with van der Waals surface area (Å²) in [4.78, 5) is 26.7. The van der Waals surface area contributed by atoms with E-state index in [1.165, 1.54) is 12.0 Å². The van der Waals surface area contributed by atoms with Crippen molar-refractivity contribution in [3.63, 3.8) is 0 Å². The Balaban J connectivity index is 1.89. The molecule has 0 radical (unpaired) electrons. The van der Waals surface area contributed by atoms with Gasteiger partial charge in [0.05, 0.1) is 36.7 Å². The van der Waals surface area contributed by atoms with Gasteiger partial charge in [-0.15, -0.1) is 0 Å². The van der Waals surface area contributed by atoms with E-state index in [2.05, 4.69) is 15.9 Å². The van der Waals surface area contributed by atoms with Crippen molar-refractivity contribution in [2.24, 2.45) is 0 Å². The molecule has 6 nitrogen and oxygen atoms in total. The molecule has 1 heterocycles. The highest BCUT2D eigenvalue weighted by Crippen LogP contribution is 2.40. The number of imide groups is 1. The fraction of sp³-hybridized carbons (Fsp3) is 0.263. The van der Waals surface area contributed by atoms with Crippen LogP contribution < -0.4 is 19.1 Å². The molecule has 3 rings (SSSR count). The summed E-state index contributed by atoms with van der Waals surface area (Å²) in [7, 11) is 4.63. The van der Waals surface area contributed by atoms with Gasteiger partial charge < -0.3 is 14.2 Å². The summed E-state index contributed by atoms with van der Waals surface area (Å²) in [5.74, 6) is 1.44. The molecule has 0 aliphatic carbocycles. The van der Waals surface area contributed by atoms with Crippen molar-refractivity contribution in [2.75, 3.05) is 26.2 Å². The van der Waals surface area contributed by atoms with Crippen LogP contribution in [0, 0.1) is 0 Å². The summed E-state index contributed by atoms with van der Waals surface area (Å²) in [6, 6.07) is 10.6. The number of carbonyl (C=O) groups excluding carboxylic acids is 2. The maximum Gasteiger partial charge on any atom is 0.293 e. The molecule has 0 unspecified atom stereocenters. The maximum atomic E-state index is 12.9. The average molecular weight is 452 g/mol. The van der Waals surface area contributed by atoms with Gasteiger partial charge in [0.1, 0.15) is 17.2 Å². The molecule has 1 saturated heterocycles. The van der Waals surface area contributed by atoms with E-state index in [9.17, 15) is 9.59 Å². The Morgan fingerprint density at radius 1 is 1.00 bits per heavy atom. The minimum Gasteiger partial charge on any atom is -0.496 e. The Kier molecular flexibility index (Phi) is 5.96. The van der Waals surface area contributed by atoms with Crippen LogP contribution in [0.2, 0.25) is 0 Å². The second-order valence-electron chi connectivity index (χ2n) is 5.72. The highest BCUT2D eigenvalue weighted by molar-refractivity contribution is 9.10. The van der Waals surface area contributed by atoms with Crippen LogP contribution in [0.3, 0.4) is 0 Å². The molecule has 0 saturated carbocycles. The first-order valence-electron chi connectivity index (χ1n) is 8.08. The lowest BCUT2D eigenvalue weighted by molar-refractivity contribution is -0.117. The molecule has 2 aromatic rings. The Bertz CT molecular complexity index is 888. The van der Waals surface area contributed by atoms with E-state index >= 15 is 0 Å². The monoisotopic (exact) mass is 451 g/mol. The fourth-order valence-corrected chi connectivity index (χ4v) is 4.46. The SMILES string of the molecule is COc1cc(OC)c(C[C@H]2SC(=O)N(c3ccccc3OC)C2=O)cc1Br. The Labute approximate surface area is 169 Å². The number of nitrogens with zero attached hydrogens (tertiary/aromatic N) is 1. The third-order valence-electron chi connectivity index (χ3n) is 4.21. The van der Waals surface area contributed by atoms with Gasteiger partial charge in [-0.05, 0) is 46.1 Å². The molecule has 142 valence electrons. The largest absolute Gasteiger partial charge is 0.496 e. The molecule has 0 aromatic heterocycles. The van der Waals surface area contributed by atoms with E-state index in [-0.39, 0.29) is 11.1 Å². The van der Waals surface area contributed by atoms with E-state index < -0.39 is 5.25 Å². The zero-order chi connectivity index (χ0) is 19.6. The van der Waals surface area contributed by atoms with Crippen LogP contribution in [0.1, 0.15) is 5.56 Å². The number of carbonyl (C=O) groups is 2. The quantitative estimate of drug-likeness (QED) is 0.652. The van der Waals surface area contributed by atoms with E-state index in [0.29, 0.717) is 29.4 Å². The van der Waals surface area contributed by atoms with Crippen molar-refractivity contribution in [3.05, 3.63) is 46.4 Å². The molecule has 2 amide bonds. The second kappa shape index (κ2) is 8.22. The number of methoxy groups -OCH3 is 3. The van der Waals surface area contributed by atoms with E-state index in [1.807, 2.05) is 6.07 Å². The van der Waals surface area contributed by atoms with Crippen LogP contribution in [0.4, 0.5) is 10.5 Å². The van der Waals surface area contributed by atoms with Gasteiger partial charge in [-0.1, -0.05) is 23.9 Å². The molecular weight excluding hydrogens is 434 g/mol. The number of hydrogen-bond donors (Lipinski definition) is 0. The summed E-state index contributed by atoms with van der Waals surface area (Å²) in [6.07, 6.45) is 0.354. The lowest BCUT2D eigenvalue weighted by Gasteiger charge is -2.17. The zero-order valence-corrected chi connectivity index (χ0v) is 17.4. The van der Waals surface area contributed by atoms with Crippen LogP contribution in [0.15, 0.2) is 40.9 Å². The first-order chi connectivity index (χ1) is 13.0. The standard InChI is InChI=1S/C19H18BrNO5S/c1-24-14-7-5-4-6-13(14)21-18(22)17(27-19(21)23)9-11-8-12(20)16(26-3)10-15(11)25-2/h4-8,10,17H,9H2,1-3H3/t17-/m1/s1. The number of thioether (sulfide) groups is 1. The predicted molar refractivity (Wildman–Crippen MR) is 108 cm³/mol. The van der Waals surface area contributed by atoms with Crippen molar-refractivity contribution in [3.8, 4) is 17.2 Å². The van der Waals surface area contributed by atoms with Gasteiger partial charge >= 0.3 is 0 Å². The van der Waals surface area contributed by atoms with Crippen LogP contribution in [0.5, 0.6) is 17.2 Å². The minimum absolute atomic E-state index is 0.275. The summed E-state index contributed by atoms with van der Waals surface area (Å²) < 4.78 is 16.7. The van der Waals surface area contributed by atoms with Crippen LogP contribution in [0.25, 0.3) is 0 Å². The first-order valence-corrected chi connectivity index (χ1v) is 9.75. The lowest BCUT2D eigenvalue weighted by atomic mass is 10.1. The predicted octanol–water partition coefficient (Wildman–Crippen LogP) is 4.29. The molecule has 1 aliphatic heterocycles. The highest BCUT2D eigenvalue weighted by Gasteiger charge is 2.42. The van der Waals surface area contributed by atoms with E-state index in [1.54, 1.807) is 44.6 Å². The number of rotatable bonds is 6. The molecule has 1 atom stereocenters. The molecule has 27 heavy (non-hydrogen) atoms. The third-order valence-corrected chi connectivity index (χ3v) is 5.86. The van der Waals surface area contributed by atoms with E-state index in [0.717, 1.165) is 21.8 Å². The van der Waals surface area contributed by atoms with Gasteiger partial charge in [0, 0.05) is 6.07 Å². The number of para-hydroxylation sites is 2. The molecule has 1 fully saturated rings. The average Bonchev–Trinajstić information content (AvgIpc) is 2.95. The molecule has 8 heteroatoms. The van der Waals surface area contributed by atoms with Crippen molar-refractivity contribution in [2.45, 2.75) is 11.7 Å². The van der Waals surface area contributed by atoms with Gasteiger partial charge in [0.25, 0.3) is 5.24 Å². The maximum absolute atomic E-state index is 12.9. The number of halogens is 1. The van der Waals surface area contributed by atoms with Crippen molar-refractivity contribution in [1.82, 2.24) is 0 Å². The van der Waals surface area contributed by atoms with Gasteiger partial charge in [-0.3, -0.25) is 9.59 Å². The topological polar surface area (TPSA) is 65.1 Å². The smallest absolute Gasteiger partial charge is 0.293 e. The van der Waals surface area contributed by atoms with Crippen molar-refractivity contribution < 1.29 is 23.8 Å². The van der Waals surface area contributed by atoms with E-state index in [4.69, 9.17) is 14.2 Å². The number of benzene rings is 2. The first kappa shape index (κ1) is 19.6. The third kappa shape index (κ3) is 3.77. The fourth-order valence-electron chi connectivity index (χ4n) is 2.90. The number of amides is 2. The Morgan fingerprint density at radius 2 is 1.67 bits per heavy atom. The number of anilines is 1. The van der Waals surface area contributed by atoms with Crippen LogP contribution in [-0.4, -0.2) is 37.7 Å². The number of hydrogen-bond acceptors (Lipinski definition) is 6. The Morgan fingerprint density at radius 3 is 2.33 bits per heavy atom. The molecule has 0 spiro atoms. The summed E-state index contributed by atoms with van der Waals surface area (Å²) in [5, 5.41) is -0.863.